The second-order valence-electron chi connectivity index (χ2n) is 7.43. The number of nitrogens with one attached hydrogen (secondary N) is 2. The van der Waals surface area contributed by atoms with E-state index in [0.29, 0.717) is 19.0 Å². The minimum Gasteiger partial charge on any atom is -0.378 e. The second kappa shape index (κ2) is 8.16. The van der Waals surface area contributed by atoms with Gasteiger partial charge in [0.15, 0.2) is 5.82 Å². The first-order valence-electron chi connectivity index (χ1n) is 10.2. The Bertz CT molecular complexity index is 1250. The molecule has 8 nitrogen and oxygen atoms in total. The van der Waals surface area contributed by atoms with Gasteiger partial charge in [-0.05, 0) is 37.4 Å². The Hall–Kier alpha value is -3.78. The SMILES string of the molecule is C=N/C=C(\c1nc(-c2n[nH]c3ccc(-c4cccnc4)cc23)[nH]c1C)N1CCOCC1. The molecule has 1 fully saturated rings. The number of imidazole rings is 1. The molecule has 0 saturated carbocycles. The number of hydrogen-bond donors (Lipinski definition) is 2. The highest BCUT2D eigenvalue weighted by Crippen LogP contribution is 2.31. The standard InChI is InChI=1S/C23H23N7O/c1-15-21(20(14-24-2)30-8-10-31-11-9-30)27-23(26-15)22-18-12-16(5-6-19(18)28-29-22)17-4-3-7-25-13-17/h3-7,12-14H,2,8-11H2,1H3,(H,26,27)(H,28,29)/b20-14+. The van der Waals surface area contributed by atoms with Crippen LogP contribution < -0.4 is 0 Å². The molecule has 0 bridgehead atoms. The zero-order valence-electron chi connectivity index (χ0n) is 17.3. The van der Waals surface area contributed by atoms with Gasteiger partial charge in [-0.1, -0.05) is 12.1 Å². The average molecular weight is 413 g/mol. The Morgan fingerprint density at radius 3 is 2.87 bits per heavy atom. The lowest BCUT2D eigenvalue weighted by Gasteiger charge is -2.30. The monoisotopic (exact) mass is 413 g/mol. The fourth-order valence-electron chi connectivity index (χ4n) is 3.91. The van der Waals surface area contributed by atoms with Gasteiger partial charge in [-0.25, -0.2) is 4.98 Å². The van der Waals surface area contributed by atoms with Crippen LogP contribution in [0.5, 0.6) is 0 Å². The quantitative estimate of drug-likeness (QED) is 0.487. The van der Waals surface area contributed by atoms with Crippen LogP contribution >= 0.6 is 0 Å². The van der Waals surface area contributed by atoms with Gasteiger partial charge in [0.05, 0.1) is 30.6 Å². The van der Waals surface area contributed by atoms with Crippen LogP contribution in [0.4, 0.5) is 0 Å². The van der Waals surface area contributed by atoms with Gasteiger partial charge in [0.1, 0.15) is 11.4 Å². The first-order chi connectivity index (χ1) is 15.2. The molecular formula is C23H23N7O. The molecule has 1 aliphatic heterocycles. The van der Waals surface area contributed by atoms with Crippen LogP contribution in [0.2, 0.25) is 0 Å². The van der Waals surface area contributed by atoms with Gasteiger partial charge in [-0.15, -0.1) is 0 Å². The molecule has 0 radical (unpaired) electrons. The van der Waals surface area contributed by atoms with Crippen molar-refractivity contribution in [3.63, 3.8) is 0 Å². The van der Waals surface area contributed by atoms with E-state index in [-0.39, 0.29) is 0 Å². The van der Waals surface area contributed by atoms with Crippen molar-refractivity contribution in [2.45, 2.75) is 6.92 Å². The van der Waals surface area contributed by atoms with Crippen LogP contribution in [-0.2, 0) is 4.74 Å². The lowest BCUT2D eigenvalue weighted by molar-refractivity contribution is 0.0638. The van der Waals surface area contributed by atoms with E-state index in [1.165, 1.54) is 0 Å². The van der Waals surface area contributed by atoms with Crippen molar-refractivity contribution < 1.29 is 4.74 Å². The van der Waals surface area contributed by atoms with Gasteiger partial charge in [-0.2, -0.15) is 5.10 Å². The van der Waals surface area contributed by atoms with Crippen LogP contribution in [0.3, 0.4) is 0 Å². The molecule has 4 aromatic rings. The van der Waals surface area contributed by atoms with Gasteiger partial charge in [-0.3, -0.25) is 15.1 Å². The van der Waals surface area contributed by atoms with E-state index >= 15 is 0 Å². The molecule has 1 aliphatic rings. The number of hydrogen-bond acceptors (Lipinski definition) is 6. The van der Waals surface area contributed by atoms with Gasteiger partial charge in [0.2, 0.25) is 0 Å². The summed E-state index contributed by atoms with van der Waals surface area (Å²) in [6.45, 7) is 8.62. The van der Waals surface area contributed by atoms with Crippen molar-refractivity contribution in [1.29, 1.82) is 0 Å². The van der Waals surface area contributed by atoms with Crippen LogP contribution in [0.15, 0.2) is 53.9 Å². The number of benzene rings is 1. The van der Waals surface area contributed by atoms with E-state index in [1.54, 1.807) is 12.4 Å². The number of aromatic nitrogens is 5. The molecule has 1 saturated heterocycles. The number of pyridine rings is 1. The van der Waals surface area contributed by atoms with E-state index in [0.717, 1.165) is 57.9 Å². The molecule has 0 unspecified atom stereocenters. The summed E-state index contributed by atoms with van der Waals surface area (Å²) in [6, 6.07) is 10.2. The number of rotatable bonds is 5. The predicted molar refractivity (Wildman–Crippen MR) is 122 cm³/mol. The van der Waals surface area contributed by atoms with Crippen molar-refractivity contribution in [2.75, 3.05) is 26.3 Å². The van der Waals surface area contributed by atoms with Crippen molar-refractivity contribution >= 4 is 23.3 Å². The molecule has 2 N–H and O–H groups in total. The summed E-state index contributed by atoms with van der Waals surface area (Å²) in [5.41, 5.74) is 6.62. The van der Waals surface area contributed by atoms with E-state index in [4.69, 9.17) is 9.72 Å². The number of aromatic amines is 2. The Kier molecular flexibility index (Phi) is 5.05. The molecular weight excluding hydrogens is 390 g/mol. The van der Waals surface area contributed by atoms with E-state index in [9.17, 15) is 0 Å². The highest BCUT2D eigenvalue weighted by molar-refractivity contribution is 5.94. The lowest BCUT2D eigenvalue weighted by atomic mass is 10.0. The number of ether oxygens (including phenoxy) is 1. The average Bonchev–Trinajstić information content (AvgIpc) is 3.41. The third kappa shape index (κ3) is 3.62. The molecule has 8 heteroatoms. The van der Waals surface area contributed by atoms with Crippen LogP contribution in [0.1, 0.15) is 11.4 Å². The van der Waals surface area contributed by atoms with Crippen LogP contribution in [0.25, 0.3) is 39.2 Å². The molecule has 4 heterocycles. The van der Waals surface area contributed by atoms with Crippen molar-refractivity contribution in [3.8, 4) is 22.6 Å². The number of H-pyrrole nitrogens is 2. The molecule has 31 heavy (non-hydrogen) atoms. The van der Waals surface area contributed by atoms with E-state index < -0.39 is 0 Å². The number of fused-ring (bicyclic) bond motifs is 1. The maximum atomic E-state index is 5.49. The summed E-state index contributed by atoms with van der Waals surface area (Å²) in [6.07, 6.45) is 5.40. The lowest BCUT2D eigenvalue weighted by Crippen LogP contribution is -2.35. The van der Waals surface area contributed by atoms with Gasteiger partial charge in [0.25, 0.3) is 0 Å². The Morgan fingerprint density at radius 2 is 2.10 bits per heavy atom. The van der Waals surface area contributed by atoms with Crippen molar-refractivity contribution in [1.82, 2.24) is 30.0 Å². The summed E-state index contributed by atoms with van der Waals surface area (Å²) in [5.74, 6) is 0.713. The van der Waals surface area contributed by atoms with Crippen LogP contribution in [0, 0.1) is 6.92 Å². The van der Waals surface area contributed by atoms with Gasteiger partial charge >= 0.3 is 0 Å². The van der Waals surface area contributed by atoms with Crippen molar-refractivity contribution in [3.05, 3.63) is 60.3 Å². The van der Waals surface area contributed by atoms with Crippen molar-refractivity contribution in [2.24, 2.45) is 4.99 Å². The summed E-state index contributed by atoms with van der Waals surface area (Å²) < 4.78 is 5.49. The smallest absolute Gasteiger partial charge is 0.159 e. The molecule has 156 valence electrons. The van der Waals surface area contributed by atoms with Gasteiger partial charge < -0.3 is 14.6 Å². The highest BCUT2D eigenvalue weighted by Gasteiger charge is 2.22. The maximum absolute atomic E-state index is 5.49. The highest BCUT2D eigenvalue weighted by atomic mass is 16.5. The fourth-order valence-corrected chi connectivity index (χ4v) is 3.91. The molecule has 1 aromatic carbocycles. The third-order valence-electron chi connectivity index (χ3n) is 5.47. The number of nitrogens with zero attached hydrogens (tertiary/aromatic N) is 5. The summed E-state index contributed by atoms with van der Waals surface area (Å²) >= 11 is 0. The first-order valence-corrected chi connectivity index (χ1v) is 10.2. The topological polar surface area (TPSA) is 95.1 Å². The molecule has 3 aromatic heterocycles. The largest absolute Gasteiger partial charge is 0.378 e. The Balaban J connectivity index is 1.56. The molecule has 0 aliphatic carbocycles. The molecule has 0 amide bonds. The third-order valence-corrected chi connectivity index (χ3v) is 5.47. The molecule has 0 spiro atoms. The number of aryl methyl sites for hydroxylation is 1. The normalized spacial score (nSPS) is 14.9. The maximum Gasteiger partial charge on any atom is 0.159 e. The zero-order chi connectivity index (χ0) is 21.2. The van der Waals surface area contributed by atoms with Crippen LogP contribution in [-0.4, -0.2) is 63.1 Å². The first kappa shape index (κ1) is 19.2. The predicted octanol–water partition coefficient (Wildman–Crippen LogP) is 3.65. The summed E-state index contributed by atoms with van der Waals surface area (Å²) in [4.78, 5) is 18.8. The molecule has 5 rings (SSSR count). The van der Waals surface area contributed by atoms with E-state index in [2.05, 4.69) is 48.9 Å². The second-order valence-corrected chi connectivity index (χ2v) is 7.43. The summed E-state index contributed by atoms with van der Waals surface area (Å²) in [5, 5.41) is 8.67. The minimum atomic E-state index is 0.686. The van der Waals surface area contributed by atoms with E-state index in [1.807, 2.05) is 31.3 Å². The Morgan fingerprint density at radius 1 is 1.23 bits per heavy atom. The minimum absolute atomic E-state index is 0.686. The van der Waals surface area contributed by atoms with Gasteiger partial charge in [0, 0.05) is 42.1 Å². The summed E-state index contributed by atoms with van der Waals surface area (Å²) in [7, 11) is 0. The Labute approximate surface area is 179 Å². The number of morpholine rings is 1. The zero-order valence-corrected chi connectivity index (χ0v) is 17.3. The number of aliphatic imine (C=N–C) groups is 1. The molecule has 0 atom stereocenters. The fraction of sp³-hybridized carbons (Fsp3) is 0.217.